The third kappa shape index (κ3) is 2.14. The molecule has 1 aromatic rings. The highest BCUT2D eigenvalue weighted by molar-refractivity contribution is 9.10. The van der Waals surface area contributed by atoms with Gasteiger partial charge in [-0.05, 0) is 34.1 Å². The van der Waals surface area contributed by atoms with Gasteiger partial charge in [0.2, 0.25) is 0 Å². The fourth-order valence-electron chi connectivity index (χ4n) is 0.950. The summed E-state index contributed by atoms with van der Waals surface area (Å²) >= 11 is 3.16. The summed E-state index contributed by atoms with van der Waals surface area (Å²) in [5.74, 6) is 0.0412. The molecule has 0 aliphatic rings. The molecule has 0 spiro atoms. The van der Waals surface area contributed by atoms with Gasteiger partial charge in [0.25, 0.3) is 0 Å². The average molecular weight is 274 g/mol. The van der Waals surface area contributed by atoms with Gasteiger partial charge in [-0.2, -0.15) is 5.26 Å². The van der Waals surface area contributed by atoms with Crippen molar-refractivity contribution in [3.05, 3.63) is 28.2 Å². The van der Waals surface area contributed by atoms with Crippen LogP contribution in [-0.2, 0) is 9.84 Å². The number of benzene rings is 1. The molecule has 0 N–H and O–H groups in total. The largest absolute Gasteiger partial charge is 0.224 e. The first kappa shape index (κ1) is 11.2. The standard InChI is InChI=1S/C9H8BrNO2S/c1-2-14(12,13)8-3-4-9(10)7(5-8)6-11/h3-5H,2H2,1H3. The normalized spacial score (nSPS) is 10.9. The maximum Gasteiger partial charge on any atom is 0.178 e. The summed E-state index contributed by atoms with van der Waals surface area (Å²) in [7, 11) is -3.22. The molecular formula is C9H8BrNO2S. The van der Waals surface area contributed by atoms with Gasteiger partial charge < -0.3 is 0 Å². The van der Waals surface area contributed by atoms with E-state index < -0.39 is 9.84 Å². The summed E-state index contributed by atoms with van der Waals surface area (Å²) in [6, 6.07) is 6.36. The number of nitriles is 1. The van der Waals surface area contributed by atoms with E-state index in [1.165, 1.54) is 12.1 Å². The number of nitrogens with zero attached hydrogens (tertiary/aromatic N) is 1. The van der Waals surface area contributed by atoms with Crippen LogP contribution < -0.4 is 0 Å². The van der Waals surface area contributed by atoms with Gasteiger partial charge in [-0.1, -0.05) is 6.92 Å². The Kier molecular flexibility index (Phi) is 3.29. The van der Waals surface area contributed by atoms with Crippen molar-refractivity contribution in [1.29, 1.82) is 5.26 Å². The van der Waals surface area contributed by atoms with E-state index in [0.717, 1.165) is 0 Å². The van der Waals surface area contributed by atoms with E-state index in [4.69, 9.17) is 5.26 Å². The number of sulfone groups is 1. The molecule has 1 aromatic carbocycles. The lowest BCUT2D eigenvalue weighted by Crippen LogP contribution is -2.03. The molecule has 0 aliphatic heterocycles. The molecule has 0 aromatic heterocycles. The van der Waals surface area contributed by atoms with E-state index >= 15 is 0 Å². The molecule has 0 fully saturated rings. The van der Waals surface area contributed by atoms with Gasteiger partial charge in [-0.15, -0.1) is 0 Å². The molecule has 1 rings (SSSR count). The molecule has 0 atom stereocenters. The Labute approximate surface area is 91.4 Å². The molecule has 0 saturated heterocycles. The summed E-state index contributed by atoms with van der Waals surface area (Å²) in [5, 5.41) is 8.71. The minimum atomic E-state index is -3.22. The Balaban J connectivity index is 3.36. The molecule has 3 nitrogen and oxygen atoms in total. The molecule has 74 valence electrons. The van der Waals surface area contributed by atoms with Crippen LogP contribution in [0.4, 0.5) is 0 Å². The van der Waals surface area contributed by atoms with Crippen molar-refractivity contribution < 1.29 is 8.42 Å². The first-order chi connectivity index (χ1) is 6.51. The van der Waals surface area contributed by atoms with Gasteiger partial charge in [-0.25, -0.2) is 8.42 Å². The molecule has 14 heavy (non-hydrogen) atoms. The summed E-state index contributed by atoms with van der Waals surface area (Å²) in [4.78, 5) is 0.194. The maximum atomic E-state index is 11.5. The fourth-order valence-corrected chi connectivity index (χ4v) is 2.19. The molecule has 0 bridgehead atoms. The van der Waals surface area contributed by atoms with Crippen molar-refractivity contribution in [2.75, 3.05) is 5.75 Å². The SMILES string of the molecule is CCS(=O)(=O)c1ccc(Br)c(C#N)c1. The van der Waals surface area contributed by atoms with E-state index in [-0.39, 0.29) is 10.6 Å². The number of rotatable bonds is 2. The van der Waals surface area contributed by atoms with Crippen LogP contribution in [0.3, 0.4) is 0 Å². The molecule has 0 radical (unpaired) electrons. The second kappa shape index (κ2) is 4.11. The van der Waals surface area contributed by atoms with E-state index in [2.05, 4.69) is 15.9 Å². The molecular weight excluding hydrogens is 266 g/mol. The number of halogens is 1. The minimum Gasteiger partial charge on any atom is -0.224 e. The van der Waals surface area contributed by atoms with Gasteiger partial charge in [0.05, 0.1) is 16.2 Å². The molecule has 5 heteroatoms. The third-order valence-electron chi connectivity index (χ3n) is 1.80. The van der Waals surface area contributed by atoms with Crippen molar-refractivity contribution in [3.63, 3.8) is 0 Å². The van der Waals surface area contributed by atoms with Crippen LogP contribution in [0.2, 0.25) is 0 Å². The van der Waals surface area contributed by atoms with Crippen molar-refractivity contribution in [3.8, 4) is 6.07 Å². The summed E-state index contributed by atoms with van der Waals surface area (Å²) in [6.07, 6.45) is 0. The Hall–Kier alpha value is -0.860. The lowest BCUT2D eigenvalue weighted by molar-refractivity contribution is 0.597. The van der Waals surface area contributed by atoms with Crippen LogP contribution in [0.15, 0.2) is 27.6 Å². The highest BCUT2D eigenvalue weighted by Gasteiger charge is 2.12. The zero-order valence-corrected chi connectivity index (χ0v) is 9.89. The first-order valence-corrected chi connectivity index (χ1v) is 6.38. The zero-order valence-electron chi connectivity index (χ0n) is 7.49. The van der Waals surface area contributed by atoms with Gasteiger partial charge in [0.15, 0.2) is 9.84 Å². The van der Waals surface area contributed by atoms with Crippen molar-refractivity contribution in [2.45, 2.75) is 11.8 Å². The Bertz CT molecular complexity index is 488. The molecule has 0 unspecified atom stereocenters. The van der Waals surface area contributed by atoms with E-state index in [9.17, 15) is 8.42 Å². The van der Waals surface area contributed by atoms with E-state index in [1.54, 1.807) is 13.0 Å². The van der Waals surface area contributed by atoms with Crippen molar-refractivity contribution in [2.24, 2.45) is 0 Å². The third-order valence-corrected chi connectivity index (χ3v) is 4.22. The highest BCUT2D eigenvalue weighted by atomic mass is 79.9. The quantitative estimate of drug-likeness (QED) is 0.829. The molecule has 0 saturated carbocycles. The van der Waals surface area contributed by atoms with Gasteiger partial charge in [0.1, 0.15) is 6.07 Å². The molecule has 0 amide bonds. The highest BCUT2D eigenvalue weighted by Crippen LogP contribution is 2.20. The topological polar surface area (TPSA) is 57.9 Å². The van der Waals surface area contributed by atoms with Gasteiger partial charge in [0, 0.05) is 4.47 Å². The maximum absolute atomic E-state index is 11.5. The average Bonchev–Trinajstić information content (AvgIpc) is 2.18. The number of hydrogen-bond acceptors (Lipinski definition) is 3. The van der Waals surface area contributed by atoms with E-state index in [0.29, 0.717) is 10.0 Å². The summed E-state index contributed by atoms with van der Waals surface area (Å²) in [5.41, 5.74) is 0.333. The van der Waals surface area contributed by atoms with Crippen molar-refractivity contribution >= 4 is 25.8 Å². The van der Waals surface area contributed by atoms with E-state index in [1.807, 2.05) is 6.07 Å². The lowest BCUT2D eigenvalue weighted by Gasteiger charge is -2.02. The lowest BCUT2D eigenvalue weighted by atomic mass is 10.2. The van der Waals surface area contributed by atoms with Crippen LogP contribution in [-0.4, -0.2) is 14.2 Å². The van der Waals surface area contributed by atoms with Gasteiger partial charge >= 0.3 is 0 Å². The fraction of sp³-hybridized carbons (Fsp3) is 0.222. The second-order valence-corrected chi connectivity index (χ2v) is 5.79. The monoisotopic (exact) mass is 273 g/mol. The molecule has 0 heterocycles. The van der Waals surface area contributed by atoms with Crippen LogP contribution in [0.5, 0.6) is 0 Å². The summed E-state index contributed by atoms with van der Waals surface area (Å²) in [6.45, 7) is 1.57. The summed E-state index contributed by atoms with van der Waals surface area (Å²) < 4.78 is 23.5. The first-order valence-electron chi connectivity index (χ1n) is 3.93. The second-order valence-electron chi connectivity index (χ2n) is 2.66. The predicted molar refractivity (Wildman–Crippen MR) is 56.6 cm³/mol. The Morgan fingerprint density at radius 1 is 1.50 bits per heavy atom. The minimum absolute atomic E-state index is 0.0412. The Morgan fingerprint density at radius 3 is 2.64 bits per heavy atom. The van der Waals surface area contributed by atoms with Crippen LogP contribution in [0.1, 0.15) is 12.5 Å². The zero-order chi connectivity index (χ0) is 10.8. The number of hydrogen-bond donors (Lipinski definition) is 0. The Morgan fingerprint density at radius 2 is 2.14 bits per heavy atom. The van der Waals surface area contributed by atoms with Crippen LogP contribution in [0.25, 0.3) is 0 Å². The van der Waals surface area contributed by atoms with Gasteiger partial charge in [-0.3, -0.25) is 0 Å². The van der Waals surface area contributed by atoms with Crippen LogP contribution in [0, 0.1) is 11.3 Å². The van der Waals surface area contributed by atoms with Crippen LogP contribution >= 0.6 is 15.9 Å². The predicted octanol–water partition coefficient (Wildman–Crippen LogP) is 2.11. The van der Waals surface area contributed by atoms with Crippen molar-refractivity contribution in [1.82, 2.24) is 0 Å². The molecule has 0 aliphatic carbocycles. The smallest absolute Gasteiger partial charge is 0.178 e.